The van der Waals surface area contributed by atoms with Gasteiger partial charge in [-0.25, -0.2) is 24.9 Å². The van der Waals surface area contributed by atoms with Gasteiger partial charge >= 0.3 is 0 Å². The van der Waals surface area contributed by atoms with Gasteiger partial charge in [0.15, 0.2) is 23.3 Å². The van der Waals surface area contributed by atoms with Crippen molar-refractivity contribution in [2.24, 2.45) is 0 Å². The van der Waals surface area contributed by atoms with Crippen LogP contribution in [0.1, 0.15) is 17.3 Å². The summed E-state index contributed by atoms with van der Waals surface area (Å²) in [5.41, 5.74) is 9.23. The summed E-state index contributed by atoms with van der Waals surface area (Å²) in [4.78, 5) is 25.3. The van der Waals surface area contributed by atoms with Crippen molar-refractivity contribution >= 4 is 37.2 Å². The van der Waals surface area contributed by atoms with E-state index < -0.39 is 0 Å². The van der Waals surface area contributed by atoms with E-state index in [-0.39, 0.29) is 12.0 Å². The van der Waals surface area contributed by atoms with Crippen molar-refractivity contribution in [2.45, 2.75) is 12.0 Å². The highest BCUT2D eigenvalue weighted by atomic mass is 32.1. The lowest BCUT2D eigenvalue weighted by molar-refractivity contribution is 0.266. The van der Waals surface area contributed by atoms with Gasteiger partial charge in [-0.3, -0.25) is 0 Å². The third-order valence-electron chi connectivity index (χ3n) is 10.3. The fourth-order valence-electron chi connectivity index (χ4n) is 7.59. The SMILES string of the molecule is C=C/C(=C\C(=C)C1=CC=CC2Oc3c(-c4nc(-c5ccccc5)nc(-c5ccccc5)n4)cccc3C12)c1nc(-c2ccccc2)c2sc3ccccc3c2n1. The summed E-state index contributed by atoms with van der Waals surface area (Å²) in [5.74, 6) is 3.02. The Balaban J connectivity index is 1.05. The molecule has 0 saturated heterocycles. The Morgan fingerprint density at radius 1 is 0.661 bits per heavy atom. The normalized spacial score (nSPS) is 15.9. The van der Waals surface area contributed by atoms with Gasteiger partial charge in [-0.2, -0.15) is 0 Å². The van der Waals surface area contributed by atoms with Gasteiger partial charge < -0.3 is 4.74 Å². The first-order valence-electron chi connectivity index (χ1n) is 18.5. The molecule has 266 valence electrons. The minimum Gasteiger partial charge on any atom is -0.484 e. The van der Waals surface area contributed by atoms with Crippen LogP contribution in [0.15, 0.2) is 188 Å². The molecule has 0 fully saturated rings. The number of ether oxygens (including phenoxy) is 1. The topological polar surface area (TPSA) is 73.7 Å². The molecule has 10 rings (SSSR count). The highest BCUT2D eigenvalue weighted by molar-refractivity contribution is 7.26. The van der Waals surface area contributed by atoms with Crippen LogP contribution in [0, 0.1) is 0 Å². The van der Waals surface area contributed by atoms with E-state index in [4.69, 9.17) is 29.7 Å². The van der Waals surface area contributed by atoms with Crippen molar-refractivity contribution in [3.05, 3.63) is 200 Å². The van der Waals surface area contributed by atoms with Gasteiger partial charge in [-0.05, 0) is 35.4 Å². The molecule has 0 spiro atoms. The summed E-state index contributed by atoms with van der Waals surface area (Å²) in [6.45, 7) is 8.82. The minimum absolute atomic E-state index is 0.0992. The van der Waals surface area contributed by atoms with Crippen LogP contribution in [-0.4, -0.2) is 31.0 Å². The Morgan fingerprint density at radius 3 is 2.00 bits per heavy atom. The Morgan fingerprint density at radius 2 is 1.30 bits per heavy atom. The summed E-state index contributed by atoms with van der Waals surface area (Å²) < 4.78 is 9.03. The van der Waals surface area contributed by atoms with E-state index in [2.05, 4.69) is 73.8 Å². The van der Waals surface area contributed by atoms with Gasteiger partial charge in [0.2, 0.25) is 0 Å². The molecule has 0 bridgehead atoms. The monoisotopic (exact) mass is 739 g/mol. The fourth-order valence-corrected chi connectivity index (χ4v) is 8.74. The molecule has 0 radical (unpaired) electrons. The molecule has 1 aliphatic carbocycles. The van der Waals surface area contributed by atoms with Crippen LogP contribution >= 0.6 is 11.3 Å². The third kappa shape index (κ3) is 5.86. The molecule has 6 nitrogen and oxygen atoms in total. The molecule has 3 aromatic heterocycles. The van der Waals surface area contributed by atoms with Crippen LogP contribution in [0.5, 0.6) is 5.75 Å². The van der Waals surface area contributed by atoms with Crippen LogP contribution < -0.4 is 4.74 Å². The van der Waals surface area contributed by atoms with Crippen molar-refractivity contribution < 1.29 is 4.74 Å². The highest BCUT2D eigenvalue weighted by Gasteiger charge is 2.39. The highest BCUT2D eigenvalue weighted by Crippen LogP contribution is 2.50. The van der Waals surface area contributed by atoms with Gasteiger partial charge in [0.25, 0.3) is 0 Å². The summed E-state index contributed by atoms with van der Waals surface area (Å²) >= 11 is 1.72. The number of aromatic nitrogens is 5. The zero-order valence-corrected chi connectivity index (χ0v) is 31.0. The lowest BCUT2D eigenvalue weighted by atomic mass is 9.80. The van der Waals surface area contributed by atoms with Crippen LogP contribution in [0.3, 0.4) is 0 Å². The van der Waals surface area contributed by atoms with E-state index in [1.54, 1.807) is 11.3 Å². The Bertz CT molecular complexity index is 2870. The second-order valence-corrected chi connectivity index (χ2v) is 14.7. The predicted molar refractivity (Wildman–Crippen MR) is 228 cm³/mol. The number of allylic oxidation sites excluding steroid dienone is 6. The van der Waals surface area contributed by atoms with Gasteiger partial charge in [0.05, 0.1) is 27.4 Å². The molecule has 2 unspecified atom stereocenters. The van der Waals surface area contributed by atoms with Crippen LogP contribution in [-0.2, 0) is 0 Å². The van der Waals surface area contributed by atoms with Crippen LogP contribution in [0.25, 0.3) is 71.3 Å². The Labute approximate surface area is 328 Å². The molecule has 2 aliphatic rings. The second kappa shape index (κ2) is 14.0. The Kier molecular flexibility index (Phi) is 8.34. The van der Waals surface area contributed by atoms with E-state index in [1.807, 2.05) is 103 Å². The van der Waals surface area contributed by atoms with Gasteiger partial charge in [-0.1, -0.05) is 153 Å². The molecule has 7 heteroatoms. The quantitative estimate of drug-likeness (QED) is 0.144. The minimum atomic E-state index is -0.234. The standard InChI is InChI=1S/C49H33N5OS/c1-3-31(46-50-42(32-17-7-4-8-18-32)45-43(51-46)36-23-13-14-28-40(36)56-45)29-30(2)35-24-16-27-39-41(35)37-25-15-26-38(44(37)55-39)49-53-47(33-19-9-5-10-20-33)52-48(54-49)34-21-11-6-12-22-34/h3-29,39,41H,1-2H2/b31-29+. The van der Waals surface area contributed by atoms with Crippen LogP contribution in [0.4, 0.5) is 0 Å². The molecule has 5 aromatic carbocycles. The number of fused-ring (bicyclic) bond motifs is 6. The average molecular weight is 740 g/mol. The zero-order valence-electron chi connectivity index (χ0n) is 30.2. The van der Waals surface area contributed by atoms with E-state index in [1.165, 1.54) is 4.70 Å². The lowest BCUT2D eigenvalue weighted by Gasteiger charge is -2.23. The second-order valence-electron chi connectivity index (χ2n) is 13.7. The van der Waals surface area contributed by atoms with Crippen molar-refractivity contribution in [1.82, 2.24) is 24.9 Å². The number of rotatable bonds is 8. The predicted octanol–water partition coefficient (Wildman–Crippen LogP) is 11.9. The smallest absolute Gasteiger partial charge is 0.167 e. The lowest BCUT2D eigenvalue weighted by Crippen LogP contribution is -2.20. The Hall–Kier alpha value is -7.09. The molecule has 0 saturated carbocycles. The molecule has 0 amide bonds. The molecule has 4 heterocycles. The summed E-state index contributed by atoms with van der Waals surface area (Å²) in [5, 5.41) is 1.11. The number of hydrogen-bond acceptors (Lipinski definition) is 7. The fraction of sp³-hybridized carbons (Fsp3) is 0.0408. The van der Waals surface area contributed by atoms with E-state index >= 15 is 0 Å². The van der Waals surface area contributed by atoms with Gasteiger partial charge in [-0.15, -0.1) is 11.3 Å². The third-order valence-corrected chi connectivity index (χ3v) is 11.4. The zero-order chi connectivity index (χ0) is 37.6. The summed E-state index contributed by atoms with van der Waals surface area (Å²) in [7, 11) is 0. The van der Waals surface area contributed by atoms with E-state index in [0.29, 0.717) is 23.3 Å². The molecule has 2 atom stereocenters. The van der Waals surface area contributed by atoms with Crippen molar-refractivity contribution in [1.29, 1.82) is 0 Å². The van der Waals surface area contributed by atoms with Crippen molar-refractivity contribution in [2.75, 3.05) is 0 Å². The molecule has 8 aromatic rings. The summed E-state index contributed by atoms with van der Waals surface area (Å²) in [6.07, 6.45) is 9.91. The molecule has 0 N–H and O–H groups in total. The van der Waals surface area contributed by atoms with Gasteiger partial charge in [0, 0.05) is 37.9 Å². The van der Waals surface area contributed by atoms with E-state index in [0.717, 1.165) is 71.6 Å². The average Bonchev–Trinajstić information content (AvgIpc) is 3.85. The first-order valence-corrected chi connectivity index (χ1v) is 19.3. The van der Waals surface area contributed by atoms with Gasteiger partial charge in [0.1, 0.15) is 11.9 Å². The van der Waals surface area contributed by atoms with Crippen LogP contribution in [0.2, 0.25) is 0 Å². The molecule has 1 aliphatic heterocycles. The van der Waals surface area contributed by atoms with Crippen molar-refractivity contribution in [3.63, 3.8) is 0 Å². The first-order chi connectivity index (χ1) is 27.6. The molecule has 56 heavy (non-hydrogen) atoms. The number of para-hydroxylation sites is 1. The number of nitrogens with zero attached hydrogens (tertiary/aromatic N) is 5. The molecular formula is C49H33N5OS. The maximum atomic E-state index is 6.80. The first kappa shape index (κ1) is 33.5. The molecular weight excluding hydrogens is 707 g/mol. The largest absolute Gasteiger partial charge is 0.484 e. The maximum absolute atomic E-state index is 6.80. The maximum Gasteiger partial charge on any atom is 0.167 e. The summed E-state index contributed by atoms with van der Waals surface area (Å²) in [6, 6.07) is 44.9. The van der Waals surface area contributed by atoms with E-state index in [9.17, 15) is 0 Å². The van der Waals surface area contributed by atoms with Crippen molar-refractivity contribution in [3.8, 4) is 51.2 Å². The number of hydrogen-bond donors (Lipinski definition) is 0. The number of thiophene rings is 1. The number of benzene rings is 5.